The van der Waals surface area contributed by atoms with Crippen LogP contribution in [0.5, 0.6) is 0 Å². The van der Waals surface area contributed by atoms with E-state index in [0.717, 1.165) is 12.8 Å². The zero-order valence-corrected chi connectivity index (χ0v) is 5.57. The van der Waals surface area contributed by atoms with Crippen molar-refractivity contribution >= 4 is 5.84 Å². The molecule has 0 aliphatic heterocycles. The number of hydrogen-bond donors (Lipinski definition) is 2. The molecule has 0 spiro atoms. The fourth-order valence-electron chi connectivity index (χ4n) is 0.520. The van der Waals surface area contributed by atoms with Crippen molar-refractivity contribution < 1.29 is 0 Å². The first-order valence-corrected chi connectivity index (χ1v) is 2.99. The Hall–Kier alpha value is -0.530. The van der Waals surface area contributed by atoms with Crippen LogP contribution in [0.2, 0.25) is 0 Å². The predicted octanol–water partition coefficient (Wildman–Crippen LogP) is 1.36. The smallest absolute Gasteiger partial charge is 0.0907 e. The van der Waals surface area contributed by atoms with Crippen LogP contribution >= 0.6 is 0 Å². The zero-order valence-electron chi connectivity index (χ0n) is 5.57. The molecule has 0 heterocycles. The van der Waals surface area contributed by atoms with Crippen molar-refractivity contribution in [3.05, 3.63) is 0 Å². The SMILES string of the molecule is CCC(C)CC(=N)N. The second-order valence-electron chi connectivity index (χ2n) is 2.24. The summed E-state index contributed by atoms with van der Waals surface area (Å²) in [5, 5.41) is 6.91. The van der Waals surface area contributed by atoms with Gasteiger partial charge in [0, 0.05) is 6.42 Å². The largest absolute Gasteiger partial charge is 0.388 e. The molecule has 2 heteroatoms. The van der Waals surface area contributed by atoms with Crippen LogP contribution in [0.4, 0.5) is 0 Å². The number of nitrogens with two attached hydrogens (primary N) is 1. The van der Waals surface area contributed by atoms with Crippen molar-refractivity contribution in [3.8, 4) is 0 Å². The third kappa shape index (κ3) is 3.65. The minimum Gasteiger partial charge on any atom is -0.388 e. The van der Waals surface area contributed by atoms with E-state index in [0.29, 0.717) is 11.8 Å². The first-order chi connectivity index (χ1) is 3.66. The topological polar surface area (TPSA) is 49.9 Å². The van der Waals surface area contributed by atoms with Crippen molar-refractivity contribution in [2.45, 2.75) is 26.7 Å². The van der Waals surface area contributed by atoms with E-state index in [1.165, 1.54) is 0 Å². The maximum Gasteiger partial charge on any atom is 0.0907 e. The lowest BCUT2D eigenvalue weighted by Gasteiger charge is -2.03. The van der Waals surface area contributed by atoms with Gasteiger partial charge in [-0.05, 0) is 5.92 Å². The second-order valence-corrected chi connectivity index (χ2v) is 2.24. The van der Waals surface area contributed by atoms with Crippen LogP contribution in [0, 0.1) is 11.3 Å². The number of rotatable bonds is 3. The summed E-state index contributed by atoms with van der Waals surface area (Å²) in [7, 11) is 0. The fraction of sp³-hybridized carbons (Fsp3) is 0.833. The van der Waals surface area contributed by atoms with E-state index >= 15 is 0 Å². The molecule has 0 aromatic rings. The first-order valence-electron chi connectivity index (χ1n) is 2.99. The van der Waals surface area contributed by atoms with E-state index in [2.05, 4.69) is 13.8 Å². The van der Waals surface area contributed by atoms with E-state index in [4.69, 9.17) is 11.1 Å². The summed E-state index contributed by atoms with van der Waals surface area (Å²) in [6.45, 7) is 4.20. The number of hydrogen-bond acceptors (Lipinski definition) is 1. The molecule has 0 saturated heterocycles. The van der Waals surface area contributed by atoms with Crippen molar-refractivity contribution in [1.29, 1.82) is 5.41 Å². The molecule has 0 amide bonds. The van der Waals surface area contributed by atoms with Gasteiger partial charge in [-0.25, -0.2) is 0 Å². The highest BCUT2D eigenvalue weighted by Gasteiger charge is 1.98. The van der Waals surface area contributed by atoms with Gasteiger partial charge in [0.05, 0.1) is 5.84 Å². The van der Waals surface area contributed by atoms with E-state index in [1.54, 1.807) is 0 Å². The van der Waals surface area contributed by atoms with Gasteiger partial charge in [0.15, 0.2) is 0 Å². The first kappa shape index (κ1) is 7.47. The van der Waals surface area contributed by atoms with Gasteiger partial charge >= 0.3 is 0 Å². The molecular weight excluding hydrogens is 100 g/mol. The molecule has 0 aromatic carbocycles. The predicted molar refractivity (Wildman–Crippen MR) is 36.0 cm³/mol. The minimum atomic E-state index is 0.305. The number of amidine groups is 1. The molecule has 0 radical (unpaired) electrons. The average molecular weight is 114 g/mol. The molecule has 1 atom stereocenters. The Kier molecular flexibility index (Phi) is 3.24. The monoisotopic (exact) mass is 114 g/mol. The maximum atomic E-state index is 6.91. The summed E-state index contributed by atoms with van der Waals surface area (Å²) in [5.74, 6) is 0.881. The molecule has 0 bridgehead atoms. The highest BCUT2D eigenvalue weighted by Crippen LogP contribution is 2.03. The van der Waals surface area contributed by atoms with Gasteiger partial charge < -0.3 is 5.73 Å². The molecule has 2 nitrogen and oxygen atoms in total. The Balaban J connectivity index is 3.24. The van der Waals surface area contributed by atoms with E-state index in [1.807, 2.05) is 0 Å². The lowest BCUT2D eigenvalue weighted by molar-refractivity contribution is 0.584. The molecule has 0 aliphatic carbocycles. The fourth-order valence-corrected chi connectivity index (χ4v) is 0.520. The molecule has 3 N–H and O–H groups in total. The van der Waals surface area contributed by atoms with Crippen molar-refractivity contribution in [1.82, 2.24) is 0 Å². The normalized spacial score (nSPS) is 13.2. The van der Waals surface area contributed by atoms with Gasteiger partial charge in [0.2, 0.25) is 0 Å². The summed E-state index contributed by atoms with van der Waals surface area (Å²) in [6, 6.07) is 0. The molecule has 48 valence electrons. The van der Waals surface area contributed by atoms with Crippen molar-refractivity contribution in [3.63, 3.8) is 0 Å². The Morgan fingerprint density at radius 1 is 1.75 bits per heavy atom. The van der Waals surface area contributed by atoms with Gasteiger partial charge in [-0.1, -0.05) is 20.3 Å². The van der Waals surface area contributed by atoms with Gasteiger partial charge in [-0.15, -0.1) is 0 Å². The molecule has 0 saturated carbocycles. The third-order valence-electron chi connectivity index (χ3n) is 1.27. The van der Waals surface area contributed by atoms with Gasteiger partial charge in [0.1, 0.15) is 0 Å². The molecule has 8 heavy (non-hydrogen) atoms. The second kappa shape index (κ2) is 3.47. The quantitative estimate of drug-likeness (QED) is 0.422. The van der Waals surface area contributed by atoms with Crippen LogP contribution < -0.4 is 5.73 Å². The van der Waals surface area contributed by atoms with Gasteiger partial charge in [0.25, 0.3) is 0 Å². The molecule has 1 unspecified atom stereocenters. The standard InChI is InChI=1S/C6H14N2/c1-3-5(2)4-6(7)8/h5H,3-4H2,1-2H3,(H3,7,8). The van der Waals surface area contributed by atoms with Gasteiger partial charge in [-0.3, -0.25) is 5.41 Å². The molecule has 0 rings (SSSR count). The maximum absolute atomic E-state index is 6.91. The van der Waals surface area contributed by atoms with Crippen LogP contribution in [0.3, 0.4) is 0 Å². The Labute approximate surface area is 50.6 Å². The molecule has 0 aromatic heterocycles. The Bertz CT molecular complexity index is 78.6. The van der Waals surface area contributed by atoms with Crippen molar-refractivity contribution in [2.24, 2.45) is 11.7 Å². The summed E-state index contributed by atoms with van der Waals surface area (Å²) >= 11 is 0. The van der Waals surface area contributed by atoms with Crippen LogP contribution in [0.25, 0.3) is 0 Å². The lowest BCUT2D eigenvalue weighted by Crippen LogP contribution is -2.13. The molecule has 0 fully saturated rings. The Morgan fingerprint density at radius 2 is 2.25 bits per heavy atom. The third-order valence-corrected chi connectivity index (χ3v) is 1.27. The summed E-state index contributed by atoms with van der Waals surface area (Å²) in [6.07, 6.45) is 1.86. The van der Waals surface area contributed by atoms with Crippen LogP contribution in [-0.4, -0.2) is 5.84 Å². The van der Waals surface area contributed by atoms with Gasteiger partial charge in [-0.2, -0.15) is 0 Å². The highest BCUT2D eigenvalue weighted by atomic mass is 14.7. The summed E-state index contributed by atoms with van der Waals surface area (Å²) in [5.41, 5.74) is 5.15. The zero-order chi connectivity index (χ0) is 6.57. The van der Waals surface area contributed by atoms with E-state index < -0.39 is 0 Å². The average Bonchev–Trinajstić information content (AvgIpc) is 1.65. The van der Waals surface area contributed by atoms with Crippen LogP contribution in [-0.2, 0) is 0 Å². The number of nitrogens with one attached hydrogen (secondary N) is 1. The van der Waals surface area contributed by atoms with Crippen molar-refractivity contribution in [2.75, 3.05) is 0 Å². The molecule has 0 aliphatic rings. The minimum absolute atomic E-state index is 0.305. The molecular formula is C6H14N2. The van der Waals surface area contributed by atoms with E-state index in [9.17, 15) is 0 Å². The van der Waals surface area contributed by atoms with E-state index in [-0.39, 0.29) is 0 Å². The summed E-state index contributed by atoms with van der Waals surface area (Å²) in [4.78, 5) is 0. The van der Waals surface area contributed by atoms with Crippen LogP contribution in [0.15, 0.2) is 0 Å². The highest BCUT2D eigenvalue weighted by molar-refractivity contribution is 5.76. The lowest BCUT2D eigenvalue weighted by atomic mass is 10.1. The Morgan fingerprint density at radius 3 is 2.38 bits per heavy atom. The van der Waals surface area contributed by atoms with Crippen LogP contribution in [0.1, 0.15) is 26.7 Å². The summed E-state index contributed by atoms with van der Waals surface area (Å²) < 4.78 is 0.